The maximum Gasteiger partial charge on any atom is 0.293 e. The second-order valence-electron chi connectivity index (χ2n) is 6.42. The second kappa shape index (κ2) is 9.58. The standard InChI is InChI=1S/C22H23NO6S/c1-14-5-8-16(9-6-14)29-12-11-23-21(24)18(30-22(23)25)13-15-7-10-17(26-2)20(28-4)19(15)27-3/h5-10,13H,11-12H2,1-4H3/b18-13-. The fourth-order valence-corrected chi connectivity index (χ4v) is 3.82. The van der Waals surface area contributed by atoms with Crippen LogP contribution in [0.2, 0.25) is 0 Å². The van der Waals surface area contributed by atoms with Gasteiger partial charge in [-0.05, 0) is 49.0 Å². The van der Waals surface area contributed by atoms with Gasteiger partial charge in [-0.2, -0.15) is 0 Å². The molecule has 3 rings (SSSR count). The number of aryl methyl sites for hydroxylation is 1. The summed E-state index contributed by atoms with van der Waals surface area (Å²) in [6.07, 6.45) is 1.62. The highest BCUT2D eigenvalue weighted by Crippen LogP contribution is 2.42. The highest BCUT2D eigenvalue weighted by atomic mass is 32.2. The van der Waals surface area contributed by atoms with E-state index < -0.39 is 0 Å². The lowest BCUT2D eigenvalue weighted by Crippen LogP contribution is -2.32. The number of carbonyl (C=O) groups is 2. The molecule has 1 fully saturated rings. The lowest BCUT2D eigenvalue weighted by Gasteiger charge is -2.14. The molecule has 0 radical (unpaired) electrons. The molecule has 0 aliphatic carbocycles. The molecule has 1 saturated heterocycles. The Morgan fingerprint density at radius 2 is 1.63 bits per heavy atom. The number of ether oxygens (including phenoxy) is 4. The minimum atomic E-state index is -0.366. The average Bonchev–Trinajstić information content (AvgIpc) is 3.01. The molecule has 2 aromatic rings. The van der Waals surface area contributed by atoms with Crippen LogP contribution in [0.25, 0.3) is 6.08 Å². The van der Waals surface area contributed by atoms with E-state index >= 15 is 0 Å². The van der Waals surface area contributed by atoms with Crippen LogP contribution in [-0.2, 0) is 4.79 Å². The summed E-state index contributed by atoms with van der Waals surface area (Å²) in [6, 6.07) is 11.0. The number of benzene rings is 2. The van der Waals surface area contributed by atoms with Gasteiger partial charge in [0.15, 0.2) is 11.5 Å². The number of rotatable bonds is 8. The predicted octanol–water partition coefficient (Wildman–Crippen LogP) is 4.14. The van der Waals surface area contributed by atoms with E-state index in [9.17, 15) is 9.59 Å². The van der Waals surface area contributed by atoms with Crippen molar-refractivity contribution in [2.24, 2.45) is 0 Å². The smallest absolute Gasteiger partial charge is 0.293 e. The minimum Gasteiger partial charge on any atom is -0.493 e. The topological polar surface area (TPSA) is 74.3 Å². The Labute approximate surface area is 179 Å². The zero-order valence-corrected chi connectivity index (χ0v) is 18.1. The number of imide groups is 1. The van der Waals surface area contributed by atoms with Crippen LogP contribution in [-0.4, -0.2) is 50.5 Å². The summed E-state index contributed by atoms with van der Waals surface area (Å²) in [6.45, 7) is 2.37. The maximum atomic E-state index is 12.7. The highest BCUT2D eigenvalue weighted by Gasteiger charge is 2.35. The van der Waals surface area contributed by atoms with E-state index in [-0.39, 0.29) is 24.3 Å². The van der Waals surface area contributed by atoms with Crippen LogP contribution < -0.4 is 18.9 Å². The fourth-order valence-electron chi connectivity index (χ4n) is 2.96. The van der Waals surface area contributed by atoms with Crippen LogP contribution in [0.1, 0.15) is 11.1 Å². The van der Waals surface area contributed by atoms with Crippen molar-refractivity contribution in [1.82, 2.24) is 4.90 Å². The summed E-state index contributed by atoms with van der Waals surface area (Å²) in [7, 11) is 4.54. The molecule has 30 heavy (non-hydrogen) atoms. The Hall–Kier alpha value is -3.13. The molecule has 7 nitrogen and oxygen atoms in total. The van der Waals surface area contributed by atoms with Crippen LogP contribution in [0, 0.1) is 6.92 Å². The molecule has 1 aliphatic rings. The van der Waals surface area contributed by atoms with Gasteiger partial charge in [0.05, 0.1) is 32.8 Å². The van der Waals surface area contributed by atoms with Crippen LogP contribution in [0.15, 0.2) is 41.3 Å². The Morgan fingerprint density at radius 3 is 2.27 bits per heavy atom. The lowest BCUT2D eigenvalue weighted by molar-refractivity contribution is -0.123. The van der Waals surface area contributed by atoms with Crippen molar-refractivity contribution in [3.63, 3.8) is 0 Å². The summed E-state index contributed by atoms with van der Waals surface area (Å²) < 4.78 is 21.7. The number of hydrogen-bond donors (Lipinski definition) is 0. The molecule has 8 heteroatoms. The van der Waals surface area contributed by atoms with Gasteiger partial charge >= 0.3 is 0 Å². The lowest BCUT2D eigenvalue weighted by atomic mass is 10.1. The first-order chi connectivity index (χ1) is 14.5. The van der Waals surface area contributed by atoms with E-state index in [0.717, 1.165) is 17.3 Å². The number of methoxy groups -OCH3 is 3. The first kappa shape index (κ1) is 21.6. The molecular formula is C22H23NO6S. The van der Waals surface area contributed by atoms with Crippen molar-refractivity contribution in [1.29, 1.82) is 0 Å². The van der Waals surface area contributed by atoms with Crippen LogP contribution >= 0.6 is 11.8 Å². The summed E-state index contributed by atoms with van der Waals surface area (Å²) in [5, 5.41) is -0.335. The third-order valence-electron chi connectivity index (χ3n) is 4.50. The van der Waals surface area contributed by atoms with Gasteiger partial charge in [0, 0.05) is 5.56 Å². The Balaban J connectivity index is 1.74. The van der Waals surface area contributed by atoms with Gasteiger partial charge in [0.2, 0.25) is 5.75 Å². The SMILES string of the molecule is COc1ccc(/C=C2\SC(=O)N(CCOc3ccc(C)cc3)C2=O)c(OC)c1OC. The van der Waals surface area contributed by atoms with Crippen molar-refractivity contribution >= 4 is 29.0 Å². The molecule has 0 spiro atoms. The largest absolute Gasteiger partial charge is 0.493 e. The molecule has 0 atom stereocenters. The van der Waals surface area contributed by atoms with Gasteiger partial charge in [-0.3, -0.25) is 14.5 Å². The third kappa shape index (κ3) is 4.54. The first-order valence-electron chi connectivity index (χ1n) is 9.22. The quantitative estimate of drug-likeness (QED) is 0.584. The summed E-state index contributed by atoms with van der Waals surface area (Å²) in [4.78, 5) is 26.6. The van der Waals surface area contributed by atoms with Gasteiger partial charge in [0.25, 0.3) is 11.1 Å². The zero-order chi connectivity index (χ0) is 21.7. The van der Waals surface area contributed by atoms with E-state index in [1.54, 1.807) is 18.2 Å². The number of hydrogen-bond acceptors (Lipinski definition) is 7. The van der Waals surface area contributed by atoms with Gasteiger partial charge in [-0.15, -0.1) is 0 Å². The highest BCUT2D eigenvalue weighted by molar-refractivity contribution is 8.18. The molecule has 0 saturated carbocycles. The Morgan fingerprint density at radius 1 is 0.933 bits per heavy atom. The molecule has 1 heterocycles. The van der Waals surface area contributed by atoms with Crippen LogP contribution in [0.5, 0.6) is 23.0 Å². The minimum absolute atomic E-state index is 0.166. The van der Waals surface area contributed by atoms with E-state index in [0.29, 0.717) is 33.5 Å². The van der Waals surface area contributed by atoms with Gasteiger partial charge in [-0.1, -0.05) is 17.7 Å². The molecule has 158 valence electrons. The second-order valence-corrected chi connectivity index (χ2v) is 7.41. The molecule has 0 unspecified atom stereocenters. The first-order valence-corrected chi connectivity index (χ1v) is 10.0. The van der Waals surface area contributed by atoms with Crippen molar-refractivity contribution in [2.75, 3.05) is 34.5 Å². The fraction of sp³-hybridized carbons (Fsp3) is 0.273. The van der Waals surface area contributed by atoms with E-state index in [2.05, 4.69) is 0 Å². The van der Waals surface area contributed by atoms with Crippen LogP contribution in [0.4, 0.5) is 4.79 Å². The average molecular weight is 429 g/mol. The number of amides is 2. The molecule has 0 N–H and O–H groups in total. The summed E-state index contributed by atoms with van der Waals surface area (Å²) in [5.74, 6) is 1.67. The van der Waals surface area contributed by atoms with E-state index in [1.165, 1.54) is 26.2 Å². The van der Waals surface area contributed by atoms with Crippen molar-refractivity contribution < 1.29 is 28.5 Å². The van der Waals surface area contributed by atoms with Crippen molar-refractivity contribution in [3.8, 4) is 23.0 Å². The maximum absolute atomic E-state index is 12.7. The Bertz CT molecular complexity index is 970. The molecule has 2 amide bonds. The van der Waals surface area contributed by atoms with Gasteiger partial charge < -0.3 is 18.9 Å². The third-order valence-corrected chi connectivity index (χ3v) is 5.41. The van der Waals surface area contributed by atoms with Crippen LogP contribution in [0.3, 0.4) is 0 Å². The number of thioether (sulfide) groups is 1. The normalized spacial score (nSPS) is 14.9. The zero-order valence-electron chi connectivity index (χ0n) is 17.3. The molecule has 0 aromatic heterocycles. The predicted molar refractivity (Wildman–Crippen MR) is 115 cm³/mol. The van der Waals surface area contributed by atoms with Crippen molar-refractivity contribution in [2.45, 2.75) is 6.92 Å². The van der Waals surface area contributed by atoms with Crippen molar-refractivity contribution in [3.05, 3.63) is 52.4 Å². The van der Waals surface area contributed by atoms with Gasteiger partial charge in [0.1, 0.15) is 12.4 Å². The molecule has 2 aromatic carbocycles. The Kier molecular flexibility index (Phi) is 6.89. The monoisotopic (exact) mass is 429 g/mol. The van der Waals surface area contributed by atoms with Gasteiger partial charge in [-0.25, -0.2) is 0 Å². The molecule has 0 bridgehead atoms. The summed E-state index contributed by atoms with van der Waals surface area (Å²) in [5.41, 5.74) is 1.74. The molecular weight excluding hydrogens is 406 g/mol. The number of nitrogens with zero attached hydrogens (tertiary/aromatic N) is 1. The van der Waals surface area contributed by atoms with E-state index in [4.69, 9.17) is 18.9 Å². The summed E-state index contributed by atoms with van der Waals surface area (Å²) >= 11 is 0.883. The van der Waals surface area contributed by atoms with E-state index in [1.807, 2.05) is 31.2 Å². The number of carbonyl (C=O) groups excluding carboxylic acids is 2. The molecule has 1 aliphatic heterocycles.